The van der Waals surface area contributed by atoms with Crippen LogP contribution in [0.25, 0.3) is 0 Å². The summed E-state index contributed by atoms with van der Waals surface area (Å²) in [7, 11) is 0. The van der Waals surface area contributed by atoms with E-state index in [1.807, 2.05) is 0 Å². The molecule has 114 valence electrons. The summed E-state index contributed by atoms with van der Waals surface area (Å²) in [5, 5.41) is 9.69. The van der Waals surface area contributed by atoms with E-state index in [1.54, 1.807) is 24.3 Å². The average molecular weight is 312 g/mol. The van der Waals surface area contributed by atoms with Crippen LogP contribution in [-0.2, 0) is 9.59 Å². The molecule has 1 saturated heterocycles. The Labute approximate surface area is 128 Å². The summed E-state index contributed by atoms with van der Waals surface area (Å²) in [5.74, 6) is -0.325. The summed E-state index contributed by atoms with van der Waals surface area (Å²) in [6.45, 7) is 0.951. The molecular formula is C15H18ClNO4. The van der Waals surface area contributed by atoms with E-state index >= 15 is 0 Å². The lowest BCUT2D eigenvalue weighted by molar-refractivity contribution is -0.148. The molecule has 0 bridgehead atoms. The van der Waals surface area contributed by atoms with Gasteiger partial charge in [-0.1, -0.05) is 11.6 Å². The number of benzene rings is 1. The zero-order valence-electron chi connectivity index (χ0n) is 11.6. The van der Waals surface area contributed by atoms with Crippen LogP contribution in [0.3, 0.4) is 0 Å². The topological polar surface area (TPSA) is 66.8 Å². The molecule has 2 rings (SSSR count). The first-order chi connectivity index (χ1) is 10.1. The van der Waals surface area contributed by atoms with Gasteiger partial charge in [0.05, 0.1) is 6.61 Å². The number of carbonyl (C=O) groups is 2. The zero-order chi connectivity index (χ0) is 15.2. The average Bonchev–Trinajstić information content (AvgIpc) is 2.95. The molecule has 1 aromatic carbocycles. The molecular weight excluding hydrogens is 294 g/mol. The van der Waals surface area contributed by atoms with Crippen LogP contribution in [-0.4, -0.2) is 41.1 Å². The van der Waals surface area contributed by atoms with Gasteiger partial charge in [0.1, 0.15) is 11.8 Å². The van der Waals surface area contributed by atoms with E-state index in [-0.39, 0.29) is 5.91 Å². The molecule has 21 heavy (non-hydrogen) atoms. The summed E-state index contributed by atoms with van der Waals surface area (Å²) in [6.07, 6.45) is 2.16. The predicted molar refractivity (Wildman–Crippen MR) is 78.6 cm³/mol. The third-order valence-corrected chi connectivity index (χ3v) is 3.73. The highest BCUT2D eigenvalue weighted by atomic mass is 35.5. The van der Waals surface area contributed by atoms with Crippen molar-refractivity contribution in [1.82, 2.24) is 4.90 Å². The van der Waals surface area contributed by atoms with Crippen LogP contribution < -0.4 is 4.74 Å². The Morgan fingerprint density at radius 1 is 1.33 bits per heavy atom. The van der Waals surface area contributed by atoms with Gasteiger partial charge in [0.15, 0.2) is 0 Å². The van der Waals surface area contributed by atoms with Crippen molar-refractivity contribution >= 4 is 23.5 Å². The summed E-state index contributed by atoms with van der Waals surface area (Å²) in [4.78, 5) is 24.5. The number of aliphatic carboxylic acids is 1. The van der Waals surface area contributed by atoms with Gasteiger partial charge in [-0.25, -0.2) is 4.79 Å². The summed E-state index contributed by atoms with van der Waals surface area (Å²) in [5.41, 5.74) is 0. The van der Waals surface area contributed by atoms with Crippen LogP contribution in [0.4, 0.5) is 0 Å². The van der Waals surface area contributed by atoms with Gasteiger partial charge < -0.3 is 14.7 Å². The number of amides is 1. The van der Waals surface area contributed by atoms with Gasteiger partial charge in [-0.05, 0) is 43.5 Å². The molecule has 5 nitrogen and oxygen atoms in total. The highest BCUT2D eigenvalue weighted by molar-refractivity contribution is 6.30. The molecule has 1 aliphatic heterocycles. The van der Waals surface area contributed by atoms with E-state index in [4.69, 9.17) is 21.4 Å². The first-order valence-corrected chi connectivity index (χ1v) is 7.36. The quantitative estimate of drug-likeness (QED) is 0.820. The number of carboxylic acid groups (broad SMARTS) is 1. The Morgan fingerprint density at radius 3 is 2.71 bits per heavy atom. The Balaban J connectivity index is 1.72. The molecule has 1 aliphatic rings. The highest BCUT2D eigenvalue weighted by Crippen LogP contribution is 2.19. The van der Waals surface area contributed by atoms with Crippen molar-refractivity contribution in [2.45, 2.75) is 31.7 Å². The van der Waals surface area contributed by atoms with Crippen molar-refractivity contribution in [1.29, 1.82) is 0 Å². The fourth-order valence-corrected chi connectivity index (χ4v) is 2.54. The van der Waals surface area contributed by atoms with Crippen molar-refractivity contribution in [3.05, 3.63) is 29.3 Å². The minimum atomic E-state index is -0.918. The van der Waals surface area contributed by atoms with Gasteiger partial charge in [0.2, 0.25) is 5.91 Å². The van der Waals surface area contributed by atoms with Gasteiger partial charge in [-0.2, -0.15) is 0 Å². The van der Waals surface area contributed by atoms with Crippen LogP contribution in [0, 0.1) is 0 Å². The molecule has 0 saturated carbocycles. The van der Waals surface area contributed by atoms with Gasteiger partial charge >= 0.3 is 5.97 Å². The smallest absolute Gasteiger partial charge is 0.326 e. The molecule has 1 amide bonds. The number of hydrogen-bond acceptors (Lipinski definition) is 3. The van der Waals surface area contributed by atoms with Gasteiger partial charge in [-0.15, -0.1) is 0 Å². The highest BCUT2D eigenvalue weighted by Gasteiger charge is 2.33. The largest absolute Gasteiger partial charge is 0.494 e. The van der Waals surface area contributed by atoms with Crippen LogP contribution >= 0.6 is 11.6 Å². The molecule has 0 spiro atoms. The fraction of sp³-hybridized carbons (Fsp3) is 0.467. The molecule has 1 atom stereocenters. The van der Waals surface area contributed by atoms with Crippen molar-refractivity contribution < 1.29 is 19.4 Å². The number of carboxylic acids is 1. The van der Waals surface area contributed by atoms with E-state index in [9.17, 15) is 9.59 Å². The lowest BCUT2D eigenvalue weighted by Crippen LogP contribution is -2.40. The molecule has 6 heteroatoms. The van der Waals surface area contributed by atoms with Crippen molar-refractivity contribution in [3.8, 4) is 5.75 Å². The van der Waals surface area contributed by atoms with E-state index in [0.29, 0.717) is 43.2 Å². The lowest BCUT2D eigenvalue weighted by atomic mass is 10.2. The number of carbonyl (C=O) groups excluding carboxylic acids is 1. The van der Waals surface area contributed by atoms with Crippen LogP contribution in [0.15, 0.2) is 24.3 Å². The first kappa shape index (κ1) is 15.6. The minimum absolute atomic E-state index is 0.111. The summed E-state index contributed by atoms with van der Waals surface area (Å²) in [6, 6.07) is 6.36. The molecule has 1 heterocycles. The SMILES string of the molecule is O=C(O)C1CCCN1C(=O)CCCOc1ccc(Cl)cc1. The predicted octanol–water partition coefficient (Wildman–Crippen LogP) is 2.57. The van der Waals surface area contributed by atoms with Gasteiger partial charge in [0, 0.05) is 18.0 Å². The molecule has 0 aromatic heterocycles. The normalized spacial score (nSPS) is 17.8. The molecule has 1 aromatic rings. The maximum atomic E-state index is 12.0. The Kier molecular flexibility index (Phi) is 5.44. The van der Waals surface area contributed by atoms with E-state index in [0.717, 1.165) is 6.42 Å². The minimum Gasteiger partial charge on any atom is -0.494 e. The summed E-state index contributed by atoms with van der Waals surface area (Å²) < 4.78 is 5.50. The van der Waals surface area contributed by atoms with E-state index in [1.165, 1.54) is 4.90 Å². The molecule has 1 unspecified atom stereocenters. The Bertz CT molecular complexity index is 503. The standard InChI is InChI=1S/C15H18ClNO4/c16-11-5-7-12(8-6-11)21-10-2-4-14(18)17-9-1-3-13(17)15(19)20/h5-8,13H,1-4,9-10H2,(H,19,20). The van der Waals surface area contributed by atoms with Crippen molar-refractivity contribution in [3.63, 3.8) is 0 Å². The van der Waals surface area contributed by atoms with Crippen LogP contribution in [0.1, 0.15) is 25.7 Å². The van der Waals surface area contributed by atoms with Crippen LogP contribution in [0.2, 0.25) is 5.02 Å². The second kappa shape index (κ2) is 7.31. The van der Waals surface area contributed by atoms with Crippen LogP contribution in [0.5, 0.6) is 5.75 Å². The van der Waals surface area contributed by atoms with E-state index in [2.05, 4.69) is 0 Å². The van der Waals surface area contributed by atoms with Crippen molar-refractivity contribution in [2.24, 2.45) is 0 Å². The molecule has 0 radical (unpaired) electrons. The lowest BCUT2D eigenvalue weighted by Gasteiger charge is -2.21. The third-order valence-electron chi connectivity index (χ3n) is 3.48. The Morgan fingerprint density at radius 2 is 2.05 bits per heavy atom. The maximum absolute atomic E-state index is 12.0. The monoisotopic (exact) mass is 311 g/mol. The number of rotatable bonds is 6. The second-order valence-corrected chi connectivity index (χ2v) is 5.43. The maximum Gasteiger partial charge on any atom is 0.326 e. The van der Waals surface area contributed by atoms with Gasteiger partial charge in [0.25, 0.3) is 0 Å². The molecule has 0 aliphatic carbocycles. The van der Waals surface area contributed by atoms with E-state index < -0.39 is 12.0 Å². The third kappa shape index (κ3) is 4.36. The second-order valence-electron chi connectivity index (χ2n) is 4.99. The summed E-state index contributed by atoms with van der Waals surface area (Å²) >= 11 is 5.77. The fourth-order valence-electron chi connectivity index (χ4n) is 2.41. The molecule has 1 N–H and O–H groups in total. The zero-order valence-corrected chi connectivity index (χ0v) is 12.4. The number of ether oxygens (including phenoxy) is 1. The number of nitrogens with zero attached hydrogens (tertiary/aromatic N) is 1. The molecule has 1 fully saturated rings. The van der Waals surface area contributed by atoms with Gasteiger partial charge in [-0.3, -0.25) is 4.79 Å². The number of hydrogen-bond donors (Lipinski definition) is 1. The first-order valence-electron chi connectivity index (χ1n) is 6.98. The Hall–Kier alpha value is -1.75. The van der Waals surface area contributed by atoms with Crippen molar-refractivity contribution in [2.75, 3.05) is 13.2 Å². The number of halogens is 1. The number of likely N-dealkylation sites (tertiary alicyclic amines) is 1.